The van der Waals surface area contributed by atoms with Crippen molar-refractivity contribution < 1.29 is 14.4 Å². The molecule has 0 saturated heterocycles. The molecule has 0 aromatic heterocycles. The maximum Gasteiger partial charge on any atom is 0.274 e. The van der Waals surface area contributed by atoms with Crippen molar-refractivity contribution in [3.63, 3.8) is 0 Å². The summed E-state index contributed by atoms with van der Waals surface area (Å²) >= 11 is 1.72. The highest BCUT2D eigenvalue weighted by Gasteiger charge is 2.06. The summed E-state index contributed by atoms with van der Waals surface area (Å²) in [6.45, 7) is -0.202. The largest absolute Gasteiger partial charge is 0.357 e. The molecule has 0 unspecified atom stereocenters. The number of nitrogens with one attached hydrogen (secondary N) is 2. The summed E-state index contributed by atoms with van der Waals surface area (Å²) in [5.74, 6) is 0.245. The Bertz CT molecular complexity index is 406. The molecule has 2 N–H and O–H groups in total. The molecule has 1 aromatic carbocycles. The molecule has 0 aliphatic carbocycles. The Morgan fingerprint density at radius 3 is 2.50 bits per heavy atom. The summed E-state index contributed by atoms with van der Waals surface area (Å²) in [4.78, 5) is 27.2. The summed E-state index contributed by atoms with van der Waals surface area (Å²) in [6, 6.07) is 7.24. The summed E-state index contributed by atoms with van der Waals surface area (Å²) in [5.41, 5.74) is 3.87. The molecule has 98 valence electrons. The van der Waals surface area contributed by atoms with Crippen LogP contribution in [0.2, 0.25) is 0 Å². The van der Waals surface area contributed by atoms with Gasteiger partial charge in [0.1, 0.15) is 0 Å². The first-order valence-corrected chi connectivity index (χ1v) is 6.77. The van der Waals surface area contributed by atoms with Crippen molar-refractivity contribution in [2.24, 2.45) is 0 Å². The summed E-state index contributed by atoms with van der Waals surface area (Å²) in [5, 5.41) is 2.38. The van der Waals surface area contributed by atoms with Gasteiger partial charge in [-0.3, -0.25) is 14.4 Å². The fraction of sp³-hybridized carbons (Fsp3) is 0.333. The third-order valence-electron chi connectivity index (χ3n) is 2.17. The molecular weight excluding hydrogens is 252 g/mol. The molecule has 1 aromatic rings. The molecule has 0 bridgehead atoms. The molecule has 0 atom stereocenters. The first kappa shape index (κ1) is 14.5. The maximum atomic E-state index is 11.6. The van der Waals surface area contributed by atoms with Gasteiger partial charge in [0.15, 0.2) is 6.61 Å². The van der Waals surface area contributed by atoms with Gasteiger partial charge in [-0.05, 0) is 24.0 Å². The number of hydrogen-bond donors (Lipinski definition) is 2. The lowest BCUT2D eigenvalue weighted by Gasteiger charge is -2.05. The fourth-order valence-electron chi connectivity index (χ4n) is 1.22. The molecule has 1 rings (SSSR count). The Hall–Kier alpha value is -1.53. The predicted octanol–water partition coefficient (Wildman–Crippen LogP) is 0.957. The summed E-state index contributed by atoms with van der Waals surface area (Å²) in [6.07, 6.45) is 2.02. The van der Waals surface area contributed by atoms with Crippen molar-refractivity contribution in [3.05, 3.63) is 35.4 Å². The van der Waals surface area contributed by atoms with E-state index in [4.69, 9.17) is 4.84 Å². The van der Waals surface area contributed by atoms with Gasteiger partial charge in [0.05, 0.1) is 0 Å². The van der Waals surface area contributed by atoms with Crippen LogP contribution < -0.4 is 10.8 Å². The molecule has 6 heteroatoms. The molecule has 2 amide bonds. The number of carbonyl (C=O) groups is 2. The van der Waals surface area contributed by atoms with Crippen molar-refractivity contribution in [3.8, 4) is 0 Å². The van der Waals surface area contributed by atoms with Crippen LogP contribution >= 0.6 is 11.8 Å². The van der Waals surface area contributed by atoms with E-state index in [0.717, 1.165) is 11.3 Å². The van der Waals surface area contributed by atoms with Crippen LogP contribution in [0, 0.1) is 0 Å². The minimum atomic E-state index is -0.366. The Kier molecular flexibility index (Phi) is 6.24. The number of hydroxylamine groups is 1. The normalized spacial score (nSPS) is 9.89. The lowest BCUT2D eigenvalue weighted by atomic mass is 10.1. The average Bonchev–Trinajstić information content (AvgIpc) is 2.39. The van der Waals surface area contributed by atoms with Crippen LogP contribution in [0.4, 0.5) is 0 Å². The number of thioether (sulfide) groups is 1. The van der Waals surface area contributed by atoms with Gasteiger partial charge >= 0.3 is 0 Å². The van der Waals surface area contributed by atoms with E-state index in [2.05, 4.69) is 10.8 Å². The lowest BCUT2D eigenvalue weighted by molar-refractivity contribution is -0.126. The third kappa shape index (κ3) is 4.77. The van der Waals surface area contributed by atoms with Crippen LogP contribution in [0.1, 0.15) is 15.9 Å². The van der Waals surface area contributed by atoms with Crippen molar-refractivity contribution in [2.75, 3.05) is 19.9 Å². The quantitative estimate of drug-likeness (QED) is 0.754. The van der Waals surface area contributed by atoms with Crippen LogP contribution in [-0.4, -0.2) is 31.7 Å². The van der Waals surface area contributed by atoms with E-state index in [-0.39, 0.29) is 18.4 Å². The van der Waals surface area contributed by atoms with Gasteiger partial charge in [0.25, 0.3) is 5.91 Å². The standard InChI is InChI=1S/C12H16N2O3S/c1-13-11(15)7-17-14-12(16)10-5-3-9(4-6-10)8-18-2/h3-6H,7-8H2,1-2H3,(H,13,15)(H,14,16). The predicted molar refractivity (Wildman–Crippen MR) is 71.1 cm³/mol. The van der Waals surface area contributed by atoms with Crippen molar-refractivity contribution in [2.45, 2.75) is 5.75 Å². The number of amides is 2. The highest BCUT2D eigenvalue weighted by atomic mass is 32.2. The fourth-order valence-corrected chi connectivity index (χ4v) is 1.74. The molecule has 0 aliphatic rings. The number of likely N-dealkylation sites (N-methyl/N-ethyl adjacent to an activating group) is 1. The van der Waals surface area contributed by atoms with E-state index in [1.807, 2.05) is 18.4 Å². The van der Waals surface area contributed by atoms with Gasteiger partial charge in [-0.1, -0.05) is 12.1 Å². The SMILES string of the molecule is CNC(=O)CONC(=O)c1ccc(CSC)cc1. The second kappa shape index (κ2) is 7.73. The number of hydrogen-bond acceptors (Lipinski definition) is 4. The zero-order chi connectivity index (χ0) is 13.4. The maximum absolute atomic E-state index is 11.6. The van der Waals surface area contributed by atoms with Gasteiger partial charge in [-0.15, -0.1) is 0 Å². The molecule has 0 aliphatic heterocycles. The molecule has 0 heterocycles. The first-order chi connectivity index (χ1) is 8.67. The van der Waals surface area contributed by atoms with Gasteiger partial charge in [-0.25, -0.2) is 5.48 Å². The number of rotatable bonds is 6. The Labute approximate surface area is 110 Å². The van der Waals surface area contributed by atoms with E-state index in [0.29, 0.717) is 5.56 Å². The van der Waals surface area contributed by atoms with Crippen LogP contribution in [-0.2, 0) is 15.4 Å². The lowest BCUT2D eigenvalue weighted by Crippen LogP contribution is -2.31. The Morgan fingerprint density at radius 1 is 1.28 bits per heavy atom. The zero-order valence-corrected chi connectivity index (χ0v) is 11.2. The van der Waals surface area contributed by atoms with Crippen molar-refractivity contribution in [1.82, 2.24) is 10.8 Å². The van der Waals surface area contributed by atoms with Gasteiger partial charge in [0, 0.05) is 18.4 Å². The highest BCUT2D eigenvalue weighted by molar-refractivity contribution is 7.97. The topological polar surface area (TPSA) is 67.4 Å². The summed E-state index contributed by atoms with van der Waals surface area (Å²) < 4.78 is 0. The van der Waals surface area contributed by atoms with E-state index < -0.39 is 0 Å². The van der Waals surface area contributed by atoms with Gasteiger partial charge < -0.3 is 5.32 Å². The van der Waals surface area contributed by atoms with Crippen LogP contribution in [0.25, 0.3) is 0 Å². The number of benzene rings is 1. The van der Waals surface area contributed by atoms with E-state index in [9.17, 15) is 9.59 Å². The smallest absolute Gasteiger partial charge is 0.274 e. The van der Waals surface area contributed by atoms with Crippen molar-refractivity contribution >= 4 is 23.6 Å². The van der Waals surface area contributed by atoms with E-state index >= 15 is 0 Å². The van der Waals surface area contributed by atoms with Crippen LogP contribution in [0.5, 0.6) is 0 Å². The molecule has 18 heavy (non-hydrogen) atoms. The molecule has 0 radical (unpaired) electrons. The average molecular weight is 268 g/mol. The molecule has 0 fully saturated rings. The Morgan fingerprint density at radius 2 is 1.94 bits per heavy atom. The summed E-state index contributed by atoms with van der Waals surface area (Å²) in [7, 11) is 1.50. The minimum Gasteiger partial charge on any atom is -0.357 e. The van der Waals surface area contributed by atoms with Gasteiger partial charge in [0.2, 0.25) is 5.91 Å². The highest BCUT2D eigenvalue weighted by Crippen LogP contribution is 2.10. The third-order valence-corrected chi connectivity index (χ3v) is 2.80. The van der Waals surface area contributed by atoms with Gasteiger partial charge in [-0.2, -0.15) is 11.8 Å². The second-order valence-electron chi connectivity index (χ2n) is 3.52. The molecule has 5 nitrogen and oxygen atoms in total. The molecule has 0 spiro atoms. The van der Waals surface area contributed by atoms with E-state index in [1.165, 1.54) is 7.05 Å². The zero-order valence-electron chi connectivity index (χ0n) is 10.4. The van der Waals surface area contributed by atoms with Crippen LogP contribution in [0.3, 0.4) is 0 Å². The minimum absolute atomic E-state index is 0.202. The molecule has 0 saturated carbocycles. The molecular formula is C12H16N2O3S. The second-order valence-corrected chi connectivity index (χ2v) is 4.39. The van der Waals surface area contributed by atoms with Crippen LogP contribution in [0.15, 0.2) is 24.3 Å². The van der Waals surface area contributed by atoms with E-state index in [1.54, 1.807) is 23.9 Å². The first-order valence-electron chi connectivity index (χ1n) is 5.38. The number of carbonyl (C=O) groups excluding carboxylic acids is 2. The van der Waals surface area contributed by atoms with Crippen molar-refractivity contribution in [1.29, 1.82) is 0 Å². The Balaban J connectivity index is 2.44. The monoisotopic (exact) mass is 268 g/mol.